The summed E-state index contributed by atoms with van der Waals surface area (Å²) >= 11 is 1.34. The van der Waals surface area contributed by atoms with Gasteiger partial charge < -0.3 is 5.32 Å². The van der Waals surface area contributed by atoms with Gasteiger partial charge in [-0.1, -0.05) is 54.2 Å². The molecule has 0 fully saturated rings. The molecular formula is C18H17N3OS. The van der Waals surface area contributed by atoms with Crippen LogP contribution in [0, 0.1) is 0 Å². The van der Waals surface area contributed by atoms with Crippen LogP contribution >= 0.6 is 11.8 Å². The number of amides is 1. The van der Waals surface area contributed by atoms with Crippen molar-refractivity contribution in [1.82, 2.24) is 15.3 Å². The van der Waals surface area contributed by atoms with Crippen LogP contribution in [-0.4, -0.2) is 21.6 Å². The first-order chi connectivity index (χ1) is 11.2. The molecule has 1 heterocycles. The summed E-state index contributed by atoms with van der Waals surface area (Å²) in [7, 11) is 0. The Labute approximate surface area is 139 Å². The number of carbonyl (C=O) groups excluding carboxylic acids is 1. The van der Waals surface area contributed by atoms with Gasteiger partial charge in [-0.15, -0.1) is 0 Å². The van der Waals surface area contributed by atoms with Crippen LogP contribution < -0.4 is 5.32 Å². The van der Waals surface area contributed by atoms with Crippen LogP contribution in [0.4, 0.5) is 0 Å². The van der Waals surface area contributed by atoms with E-state index >= 15 is 0 Å². The van der Waals surface area contributed by atoms with Gasteiger partial charge in [0.25, 0.3) is 0 Å². The molecule has 116 valence electrons. The summed E-state index contributed by atoms with van der Waals surface area (Å²) in [6.45, 7) is 2.00. The Bertz CT molecular complexity index is 802. The van der Waals surface area contributed by atoms with Crippen molar-refractivity contribution in [2.45, 2.75) is 18.1 Å². The van der Waals surface area contributed by atoms with E-state index < -0.39 is 0 Å². The van der Waals surface area contributed by atoms with E-state index in [1.165, 1.54) is 22.5 Å². The van der Waals surface area contributed by atoms with E-state index in [-0.39, 0.29) is 11.9 Å². The molecule has 1 amide bonds. The van der Waals surface area contributed by atoms with Crippen LogP contribution in [0.2, 0.25) is 0 Å². The molecule has 1 aromatic heterocycles. The zero-order valence-corrected chi connectivity index (χ0v) is 13.6. The van der Waals surface area contributed by atoms with Crippen LogP contribution in [0.5, 0.6) is 0 Å². The highest BCUT2D eigenvalue weighted by Gasteiger charge is 2.12. The molecule has 0 aliphatic carbocycles. The van der Waals surface area contributed by atoms with Gasteiger partial charge >= 0.3 is 0 Å². The Morgan fingerprint density at radius 2 is 1.83 bits per heavy atom. The van der Waals surface area contributed by atoms with Gasteiger partial charge in [0.2, 0.25) is 5.91 Å². The van der Waals surface area contributed by atoms with Gasteiger partial charge in [0.05, 0.1) is 11.8 Å². The average molecular weight is 323 g/mol. The second-order valence-electron chi connectivity index (χ2n) is 5.18. The number of hydrogen-bond acceptors (Lipinski definition) is 4. The standard InChI is InChI=1S/C18H17N3OS/c1-13(15-9-4-7-14-6-2-3-8-16(14)15)21-17(22)12-23-18-19-10-5-11-20-18/h2-11,13H,12H2,1H3,(H,21,22)/t13-/m1/s1. The quantitative estimate of drug-likeness (QED) is 0.576. The van der Waals surface area contributed by atoms with E-state index in [9.17, 15) is 4.79 Å². The fraction of sp³-hybridized carbons (Fsp3) is 0.167. The predicted octanol–water partition coefficient (Wildman–Crippen LogP) is 3.60. The third-order valence-electron chi connectivity index (χ3n) is 3.54. The van der Waals surface area contributed by atoms with Gasteiger partial charge in [-0.05, 0) is 29.3 Å². The first-order valence-corrected chi connectivity index (χ1v) is 8.39. The average Bonchev–Trinajstić information content (AvgIpc) is 2.60. The molecule has 0 bridgehead atoms. The number of benzene rings is 2. The van der Waals surface area contributed by atoms with Crippen LogP contribution in [0.15, 0.2) is 66.1 Å². The minimum absolute atomic E-state index is 0.0251. The molecule has 3 rings (SSSR count). The second-order valence-corrected chi connectivity index (χ2v) is 6.12. The Kier molecular flexibility index (Phi) is 4.88. The zero-order chi connectivity index (χ0) is 16.1. The third kappa shape index (κ3) is 3.87. The van der Waals surface area contributed by atoms with E-state index in [1.807, 2.05) is 25.1 Å². The summed E-state index contributed by atoms with van der Waals surface area (Å²) in [4.78, 5) is 20.4. The van der Waals surface area contributed by atoms with Gasteiger partial charge in [-0.2, -0.15) is 0 Å². The molecule has 2 aromatic carbocycles. The maximum atomic E-state index is 12.1. The van der Waals surface area contributed by atoms with E-state index in [0.29, 0.717) is 10.9 Å². The monoisotopic (exact) mass is 323 g/mol. The van der Waals surface area contributed by atoms with Gasteiger partial charge in [-0.25, -0.2) is 9.97 Å². The lowest BCUT2D eigenvalue weighted by Crippen LogP contribution is -2.28. The van der Waals surface area contributed by atoms with Crippen molar-refractivity contribution in [3.05, 3.63) is 66.5 Å². The first-order valence-electron chi connectivity index (χ1n) is 7.41. The summed E-state index contributed by atoms with van der Waals surface area (Å²) in [5, 5.41) is 6.00. The van der Waals surface area contributed by atoms with E-state index in [2.05, 4.69) is 39.6 Å². The molecule has 0 radical (unpaired) electrons. The predicted molar refractivity (Wildman–Crippen MR) is 93.3 cm³/mol. The van der Waals surface area contributed by atoms with Crippen LogP contribution in [0.3, 0.4) is 0 Å². The minimum atomic E-state index is -0.0501. The van der Waals surface area contributed by atoms with Crippen LogP contribution in [-0.2, 0) is 4.79 Å². The summed E-state index contributed by atoms with van der Waals surface area (Å²) in [5.41, 5.74) is 1.12. The normalized spacial score (nSPS) is 12.0. The molecule has 0 saturated heterocycles. The van der Waals surface area contributed by atoms with Crippen molar-refractivity contribution in [2.75, 3.05) is 5.75 Å². The molecule has 4 nitrogen and oxygen atoms in total. The van der Waals surface area contributed by atoms with Crippen molar-refractivity contribution in [1.29, 1.82) is 0 Å². The second kappa shape index (κ2) is 7.24. The molecular weight excluding hydrogens is 306 g/mol. The third-order valence-corrected chi connectivity index (χ3v) is 4.42. The number of thioether (sulfide) groups is 1. The maximum Gasteiger partial charge on any atom is 0.230 e. The van der Waals surface area contributed by atoms with Crippen molar-refractivity contribution in [3.8, 4) is 0 Å². The van der Waals surface area contributed by atoms with Crippen molar-refractivity contribution in [3.63, 3.8) is 0 Å². The summed E-state index contributed by atoms with van der Waals surface area (Å²) in [6, 6.07) is 16.1. The van der Waals surface area contributed by atoms with Gasteiger partial charge in [-0.3, -0.25) is 4.79 Å². The molecule has 0 saturated carbocycles. The fourth-order valence-corrected chi connectivity index (χ4v) is 3.09. The highest BCUT2D eigenvalue weighted by molar-refractivity contribution is 7.99. The van der Waals surface area contributed by atoms with Crippen molar-refractivity contribution in [2.24, 2.45) is 0 Å². The zero-order valence-electron chi connectivity index (χ0n) is 12.8. The largest absolute Gasteiger partial charge is 0.349 e. The molecule has 1 atom stereocenters. The number of carbonyl (C=O) groups is 1. The summed E-state index contributed by atoms with van der Waals surface area (Å²) in [6.07, 6.45) is 3.35. The van der Waals surface area contributed by atoms with E-state index in [0.717, 1.165) is 5.56 Å². The number of nitrogens with zero attached hydrogens (tertiary/aromatic N) is 2. The van der Waals surface area contributed by atoms with Gasteiger partial charge in [0, 0.05) is 12.4 Å². The highest BCUT2D eigenvalue weighted by atomic mass is 32.2. The number of nitrogens with one attached hydrogen (secondary N) is 1. The number of hydrogen-bond donors (Lipinski definition) is 1. The molecule has 0 unspecified atom stereocenters. The Morgan fingerprint density at radius 1 is 1.09 bits per heavy atom. The fourth-order valence-electron chi connectivity index (χ4n) is 2.48. The number of fused-ring (bicyclic) bond motifs is 1. The smallest absolute Gasteiger partial charge is 0.230 e. The lowest BCUT2D eigenvalue weighted by atomic mass is 10.00. The summed E-state index contributed by atoms with van der Waals surface area (Å²) < 4.78 is 0. The maximum absolute atomic E-state index is 12.1. The van der Waals surface area contributed by atoms with Gasteiger partial charge in [0.1, 0.15) is 0 Å². The topological polar surface area (TPSA) is 54.9 Å². The van der Waals surface area contributed by atoms with Crippen molar-refractivity contribution >= 4 is 28.4 Å². The van der Waals surface area contributed by atoms with Crippen LogP contribution in [0.1, 0.15) is 18.5 Å². The SMILES string of the molecule is C[C@@H](NC(=O)CSc1ncccn1)c1cccc2ccccc12. The molecule has 0 spiro atoms. The van der Waals surface area contributed by atoms with E-state index in [1.54, 1.807) is 18.5 Å². The lowest BCUT2D eigenvalue weighted by molar-refractivity contribution is -0.119. The summed E-state index contributed by atoms with van der Waals surface area (Å²) in [5.74, 6) is 0.280. The molecule has 1 N–H and O–H groups in total. The lowest BCUT2D eigenvalue weighted by Gasteiger charge is -2.16. The van der Waals surface area contributed by atoms with Crippen molar-refractivity contribution < 1.29 is 4.79 Å². The minimum Gasteiger partial charge on any atom is -0.349 e. The molecule has 23 heavy (non-hydrogen) atoms. The molecule has 0 aliphatic rings. The Balaban J connectivity index is 1.66. The Morgan fingerprint density at radius 3 is 2.65 bits per heavy atom. The van der Waals surface area contributed by atoms with Gasteiger partial charge in [0.15, 0.2) is 5.16 Å². The van der Waals surface area contributed by atoms with E-state index in [4.69, 9.17) is 0 Å². The number of rotatable bonds is 5. The molecule has 5 heteroatoms. The van der Waals surface area contributed by atoms with Crippen LogP contribution in [0.25, 0.3) is 10.8 Å². The Hall–Kier alpha value is -2.40. The highest BCUT2D eigenvalue weighted by Crippen LogP contribution is 2.24. The molecule has 3 aromatic rings. The first kappa shape index (κ1) is 15.5. The number of aromatic nitrogens is 2. The molecule has 0 aliphatic heterocycles.